The van der Waals surface area contributed by atoms with Gasteiger partial charge in [0.1, 0.15) is 12.3 Å². The van der Waals surface area contributed by atoms with E-state index < -0.39 is 5.41 Å². The molecule has 0 spiro atoms. The molecule has 0 saturated carbocycles. The second-order valence-corrected chi connectivity index (χ2v) is 14.8. The zero-order valence-electron chi connectivity index (χ0n) is 29.2. The van der Waals surface area contributed by atoms with Gasteiger partial charge in [0.2, 0.25) is 0 Å². The average Bonchev–Trinajstić information content (AvgIpc) is 3.74. The standard InChI is InChI=1S/C42H45N7/c1-7-32-30-24-29-19-20-35(31(30)25-29)49-39-38(44-22-23-45-39)48(34-17-12-10-15-28(34)6)41(49)42(32,8-2)40-46(26(3)4)36-18-13-21-43-37(36)47(40)33-16-11-9-14-27(33)5/h7,9-14,16-23,25-26,28,30,32,40-41H,1,8,15,24H2,2-6H3. The van der Waals surface area contributed by atoms with E-state index in [0.717, 1.165) is 36.7 Å². The van der Waals surface area contributed by atoms with Crippen LogP contribution in [-0.2, 0) is 6.42 Å². The largest absolute Gasteiger partial charge is 0.345 e. The third-order valence-corrected chi connectivity index (χ3v) is 12.1. The zero-order valence-corrected chi connectivity index (χ0v) is 29.2. The van der Waals surface area contributed by atoms with Gasteiger partial charge in [0.05, 0.1) is 11.1 Å². The minimum atomic E-state index is -0.425. The summed E-state index contributed by atoms with van der Waals surface area (Å²) in [7, 11) is 0. The first-order valence-electron chi connectivity index (χ1n) is 18.0. The molecule has 2 bridgehead atoms. The lowest BCUT2D eigenvalue weighted by atomic mass is 9.61. The molecular formula is C42H45N7. The predicted octanol–water partition coefficient (Wildman–Crippen LogP) is 9.19. The van der Waals surface area contributed by atoms with Crippen LogP contribution >= 0.6 is 0 Å². The number of aryl methyl sites for hydroxylation is 1. The van der Waals surface area contributed by atoms with Gasteiger partial charge < -0.3 is 19.6 Å². The molecule has 5 aliphatic rings. The molecule has 6 unspecified atom stereocenters. The van der Waals surface area contributed by atoms with Crippen LogP contribution in [0.3, 0.4) is 0 Å². The summed E-state index contributed by atoms with van der Waals surface area (Å²) in [6.07, 6.45) is 17.5. The molecule has 0 N–H and O–H groups in total. The highest BCUT2D eigenvalue weighted by Crippen LogP contribution is 2.66. The van der Waals surface area contributed by atoms with E-state index in [9.17, 15) is 0 Å². The molecule has 0 saturated heterocycles. The fraction of sp³-hybridized carbons (Fsp3) is 0.357. The zero-order chi connectivity index (χ0) is 33.6. The Morgan fingerprint density at radius 3 is 2.35 bits per heavy atom. The van der Waals surface area contributed by atoms with Crippen molar-refractivity contribution in [2.75, 3.05) is 19.6 Å². The number of aromatic nitrogens is 3. The monoisotopic (exact) mass is 647 g/mol. The highest BCUT2D eigenvalue weighted by atomic mass is 15.5. The SMILES string of the molecule is C=CC1C2Cc3ccc(c2c3)N2c3nccnc3N(C3=CC=CCC3C)C2C1(CC)C1N(c2ccccc2C)c2ncccc2N1C(C)C. The molecule has 248 valence electrons. The van der Waals surface area contributed by atoms with Gasteiger partial charge in [0.15, 0.2) is 17.5 Å². The summed E-state index contributed by atoms with van der Waals surface area (Å²) in [6.45, 7) is 16.4. The van der Waals surface area contributed by atoms with E-state index in [0.29, 0.717) is 5.92 Å². The maximum Gasteiger partial charge on any atom is 0.178 e. The van der Waals surface area contributed by atoms with E-state index in [4.69, 9.17) is 21.5 Å². The number of anilines is 6. The lowest BCUT2D eigenvalue weighted by molar-refractivity contribution is 0.0879. The molecule has 3 aliphatic heterocycles. The van der Waals surface area contributed by atoms with Crippen LogP contribution in [0.5, 0.6) is 0 Å². The van der Waals surface area contributed by atoms with Crippen molar-refractivity contribution >= 4 is 34.5 Å². The van der Waals surface area contributed by atoms with E-state index in [1.165, 1.54) is 39.4 Å². The van der Waals surface area contributed by atoms with Crippen molar-refractivity contribution in [3.8, 4) is 0 Å². The van der Waals surface area contributed by atoms with E-state index >= 15 is 0 Å². The fourth-order valence-electron chi connectivity index (χ4n) is 10.1. The number of hydrogen-bond donors (Lipinski definition) is 0. The Morgan fingerprint density at radius 2 is 1.61 bits per heavy atom. The molecule has 2 aromatic heterocycles. The maximum absolute atomic E-state index is 5.18. The topological polar surface area (TPSA) is 51.6 Å². The Hall–Kier alpha value is -4.91. The number of nitrogens with zero attached hydrogens (tertiary/aromatic N) is 7. The lowest BCUT2D eigenvalue weighted by Gasteiger charge is -2.57. The smallest absolute Gasteiger partial charge is 0.178 e. The van der Waals surface area contributed by atoms with Crippen molar-refractivity contribution in [2.45, 2.75) is 78.2 Å². The molecule has 0 fully saturated rings. The summed E-state index contributed by atoms with van der Waals surface area (Å²) in [5.41, 5.74) is 8.51. The Labute approximate surface area is 290 Å². The molecule has 2 aromatic carbocycles. The van der Waals surface area contributed by atoms with Crippen molar-refractivity contribution in [3.05, 3.63) is 126 Å². The lowest BCUT2D eigenvalue weighted by Crippen LogP contribution is -2.68. The van der Waals surface area contributed by atoms with Crippen LogP contribution in [0.15, 0.2) is 110 Å². The van der Waals surface area contributed by atoms with Gasteiger partial charge >= 0.3 is 0 Å². The second kappa shape index (κ2) is 11.1. The van der Waals surface area contributed by atoms with Crippen molar-refractivity contribution in [1.29, 1.82) is 0 Å². The van der Waals surface area contributed by atoms with Crippen LogP contribution in [0.25, 0.3) is 0 Å². The quantitative estimate of drug-likeness (QED) is 0.194. The number of fused-ring (bicyclic) bond motifs is 6. The second-order valence-electron chi connectivity index (χ2n) is 14.8. The Bertz CT molecular complexity index is 2030. The fourth-order valence-corrected chi connectivity index (χ4v) is 10.1. The van der Waals surface area contributed by atoms with Crippen LogP contribution in [0.1, 0.15) is 63.1 Å². The highest BCUT2D eigenvalue weighted by molar-refractivity contribution is 5.86. The number of pyridine rings is 1. The summed E-state index contributed by atoms with van der Waals surface area (Å²) in [4.78, 5) is 25.9. The normalized spacial score (nSPS) is 27.6. The Kier molecular flexibility index (Phi) is 6.81. The van der Waals surface area contributed by atoms with Crippen LogP contribution < -0.4 is 19.6 Å². The summed E-state index contributed by atoms with van der Waals surface area (Å²) in [6, 6.07) is 20.5. The van der Waals surface area contributed by atoms with E-state index in [1.54, 1.807) is 0 Å². The molecular weight excluding hydrogens is 603 g/mol. The summed E-state index contributed by atoms with van der Waals surface area (Å²) in [5.74, 6) is 3.60. The number of benzene rings is 2. The number of para-hydroxylation sites is 1. The summed E-state index contributed by atoms with van der Waals surface area (Å²) >= 11 is 0. The third kappa shape index (κ3) is 3.99. The van der Waals surface area contributed by atoms with Crippen molar-refractivity contribution < 1.29 is 0 Å². The summed E-state index contributed by atoms with van der Waals surface area (Å²) in [5, 5.41) is 0. The van der Waals surface area contributed by atoms with Gasteiger partial charge in [-0.2, -0.15) is 0 Å². The number of allylic oxidation sites excluding steroid dienone is 5. The molecule has 7 heteroatoms. The first kappa shape index (κ1) is 30.2. The van der Waals surface area contributed by atoms with Gasteiger partial charge in [0, 0.05) is 41.7 Å². The van der Waals surface area contributed by atoms with Crippen molar-refractivity contribution in [1.82, 2.24) is 15.0 Å². The van der Waals surface area contributed by atoms with Gasteiger partial charge in [0.25, 0.3) is 0 Å². The number of hydrogen-bond acceptors (Lipinski definition) is 7. The molecule has 49 heavy (non-hydrogen) atoms. The first-order chi connectivity index (χ1) is 23.9. The molecule has 0 radical (unpaired) electrons. The molecule has 9 rings (SSSR count). The Morgan fingerprint density at radius 1 is 0.878 bits per heavy atom. The van der Waals surface area contributed by atoms with Gasteiger partial charge in [-0.1, -0.05) is 62.4 Å². The molecule has 5 heterocycles. The molecule has 2 aliphatic carbocycles. The van der Waals surface area contributed by atoms with Crippen LogP contribution in [0, 0.1) is 24.2 Å². The Balaban J connectivity index is 1.41. The molecule has 7 nitrogen and oxygen atoms in total. The molecule has 6 atom stereocenters. The van der Waals surface area contributed by atoms with Gasteiger partial charge in [-0.15, -0.1) is 6.58 Å². The third-order valence-electron chi connectivity index (χ3n) is 12.1. The summed E-state index contributed by atoms with van der Waals surface area (Å²) < 4.78 is 0. The van der Waals surface area contributed by atoms with Crippen molar-refractivity contribution in [3.63, 3.8) is 0 Å². The van der Waals surface area contributed by atoms with E-state index in [1.807, 2.05) is 18.6 Å². The van der Waals surface area contributed by atoms with Crippen molar-refractivity contribution in [2.24, 2.45) is 17.3 Å². The average molecular weight is 648 g/mol. The molecule has 0 amide bonds. The first-order valence-corrected chi connectivity index (χ1v) is 18.0. The number of rotatable bonds is 6. The van der Waals surface area contributed by atoms with Gasteiger partial charge in [-0.05, 0) is 105 Å². The maximum atomic E-state index is 5.18. The van der Waals surface area contributed by atoms with Crippen LogP contribution in [-0.4, -0.2) is 33.3 Å². The minimum Gasteiger partial charge on any atom is -0.345 e. The van der Waals surface area contributed by atoms with Gasteiger partial charge in [-0.25, -0.2) is 15.0 Å². The van der Waals surface area contributed by atoms with Gasteiger partial charge in [-0.3, -0.25) is 0 Å². The van der Waals surface area contributed by atoms with Crippen LogP contribution in [0.2, 0.25) is 0 Å². The minimum absolute atomic E-state index is 0.0982. The molecule has 4 aromatic rings. The van der Waals surface area contributed by atoms with E-state index in [-0.39, 0.29) is 30.2 Å². The highest BCUT2D eigenvalue weighted by Gasteiger charge is 2.66. The predicted molar refractivity (Wildman–Crippen MR) is 200 cm³/mol. The van der Waals surface area contributed by atoms with Crippen LogP contribution in [0.4, 0.5) is 34.5 Å². The van der Waals surface area contributed by atoms with E-state index in [2.05, 4.69) is 133 Å².